The molecule has 2 saturated carbocycles. The molecule has 1 saturated heterocycles. The van der Waals surface area contributed by atoms with Gasteiger partial charge >= 0.3 is 0 Å². The van der Waals surface area contributed by atoms with E-state index in [4.69, 9.17) is 0 Å². The molecule has 3 atom stereocenters. The van der Waals surface area contributed by atoms with E-state index in [0.717, 1.165) is 12.3 Å². The highest BCUT2D eigenvalue weighted by atomic mass is 35.5. The highest BCUT2D eigenvalue weighted by molar-refractivity contribution is 5.85. The molecule has 3 rings (SSSR count). The van der Waals surface area contributed by atoms with Gasteiger partial charge in [-0.3, -0.25) is 4.79 Å². The molecule has 0 aromatic carbocycles. The van der Waals surface area contributed by atoms with Crippen LogP contribution in [0.3, 0.4) is 0 Å². The van der Waals surface area contributed by atoms with Crippen molar-refractivity contribution in [1.82, 2.24) is 10.6 Å². The lowest BCUT2D eigenvalue weighted by Gasteiger charge is -2.25. The fraction of sp³-hybridized carbons (Fsp3) is 0.933. The number of rotatable bonds is 2. The van der Waals surface area contributed by atoms with Gasteiger partial charge < -0.3 is 10.6 Å². The standard InChI is InChI=1S/C15H26N2O.ClH/c18-15(16-12-7-2-1-3-8-12)14-10-11-6-4-5-9-13(11)17-14;/h11-14,17H,1-10H2,(H,16,18);1H. The first-order valence-electron chi connectivity index (χ1n) is 7.89. The van der Waals surface area contributed by atoms with Gasteiger partial charge in [0.2, 0.25) is 5.91 Å². The van der Waals surface area contributed by atoms with Crippen molar-refractivity contribution in [2.24, 2.45) is 5.92 Å². The maximum absolute atomic E-state index is 12.3. The Labute approximate surface area is 122 Å². The van der Waals surface area contributed by atoms with Crippen molar-refractivity contribution in [3.8, 4) is 0 Å². The Balaban J connectivity index is 0.00000133. The Hall–Kier alpha value is -0.280. The van der Waals surface area contributed by atoms with E-state index in [9.17, 15) is 4.79 Å². The molecule has 1 aliphatic heterocycles. The highest BCUT2D eigenvalue weighted by Gasteiger charge is 2.38. The zero-order chi connectivity index (χ0) is 12.4. The average molecular weight is 287 g/mol. The van der Waals surface area contributed by atoms with Crippen molar-refractivity contribution in [1.29, 1.82) is 0 Å². The molecule has 4 heteroatoms. The van der Waals surface area contributed by atoms with Gasteiger partial charge in [-0.1, -0.05) is 32.1 Å². The van der Waals surface area contributed by atoms with Gasteiger partial charge in [-0.15, -0.1) is 12.4 Å². The van der Waals surface area contributed by atoms with Crippen molar-refractivity contribution >= 4 is 18.3 Å². The number of carbonyl (C=O) groups excluding carboxylic acids is 1. The van der Waals surface area contributed by atoms with E-state index in [-0.39, 0.29) is 24.4 Å². The minimum absolute atomic E-state index is 0. The smallest absolute Gasteiger partial charge is 0.237 e. The van der Waals surface area contributed by atoms with Gasteiger partial charge in [-0.25, -0.2) is 0 Å². The van der Waals surface area contributed by atoms with E-state index in [1.165, 1.54) is 57.8 Å². The molecule has 2 N–H and O–H groups in total. The monoisotopic (exact) mass is 286 g/mol. The van der Waals surface area contributed by atoms with Gasteiger partial charge in [0.05, 0.1) is 6.04 Å². The second-order valence-corrected chi connectivity index (χ2v) is 6.45. The Morgan fingerprint density at radius 1 is 0.947 bits per heavy atom. The third kappa shape index (κ3) is 3.63. The number of carbonyl (C=O) groups is 1. The normalized spacial score (nSPS) is 35.3. The van der Waals surface area contributed by atoms with E-state index in [1.54, 1.807) is 0 Å². The van der Waals surface area contributed by atoms with Gasteiger partial charge in [-0.05, 0) is 38.0 Å². The van der Waals surface area contributed by atoms with Gasteiger partial charge in [0.1, 0.15) is 0 Å². The molecule has 3 fully saturated rings. The molecule has 0 radical (unpaired) electrons. The van der Waals surface area contributed by atoms with E-state index >= 15 is 0 Å². The molecule has 1 amide bonds. The summed E-state index contributed by atoms with van der Waals surface area (Å²) in [5, 5.41) is 6.84. The molecule has 1 heterocycles. The minimum atomic E-state index is 0. The predicted molar refractivity (Wildman–Crippen MR) is 79.6 cm³/mol. The first-order valence-corrected chi connectivity index (χ1v) is 7.89. The summed E-state index contributed by atoms with van der Waals surface area (Å²) in [4.78, 5) is 12.3. The van der Waals surface area contributed by atoms with Crippen molar-refractivity contribution in [3.63, 3.8) is 0 Å². The van der Waals surface area contributed by atoms with Crippen molar-refractivity contribution < 1.29 is 4.79 Å². The Bertz CT molecular complexity index is 291. The topological polar surface area (TPSA) is 41.1 Å². The Kier molecular flexibility index (Phi) is 5.52. The average Bonchev–Trinajstić information content (AvgIpc) is 2.84. The maximum Gasteiger partial charge on any atom is 0.237 e. The molecule has 0 bridgehead atoms. The lowest BCUT2D eigenvalue weighted by molar-refractivity contribution is -0.123. The zero-order valence-electron chi connectivity index (χ0n) is 11.7. The van der Waals surface area contributed by atoms with Crippen LogP contribution in [0, 0.1) is 5.92 Å². The van der Waals surface area contributed by atoms with Crippen LogP contribution in [0.2, 0.25) is 0 Å². The summed E-state index contributed by atoms with van der Waals surface area (Å²) in [6, 6.07) is 1.18. The summed E-state index contributed by atoms with van der Waals surface area (Å²) >= 11 is 0. The summed E-state index contributed by atoms with van der Waals surface area (Å²) in [6.45, 7) is 0. The lowest BCUT2D eigenvalue weighted by atomic mass is 9.85. The van der Waals surface area contributed by atoms with Gasteiger partial charge in [0, 0.05) is 12.1 Å². The number of halogens is 1. The van der Waals surface area contributed by atoms with Crippen molar-refractivity contribution in [3.05, 3.63) is 0 Å². The molecule has 110 valence electrons. The number of nitrogens with one attached hydrogen (secondary N) is 2. The summed E-state index contributed by atoms with van der Waals surface area (Å²) in [7, 11) is 0. The summed E-state index contributed by atoms with van der Waals surface area (Å²) in [6.07, 6.45) is 12.7. The SMILES string of the molecule is Cl.O=C(NC1CCCCC1)C1CC2CCCCC2N1. The molecule has 3 aliphatic rings. The quantitative estimate of drug-likeness (QED) is 0.820. The van der Waals surface area contributed by atoms with Gasteiger partial charge in [0.15, 0.2) is 0 Å². The third-order valence-electron chi connectivity index (χ3n) is 5.13. The molecule has 19 heavy (non-hydrogen) atoms. The predicted octanol–water partition coefficient (Wildman–Crippen LogP) is 2.78. The first-order chi connectivity index (χ1) is 8.83. The number of amides is 1. The van der Waals surface area contributed by atoms with Crippen LogP contribution in [0.5, 0.6) is 0 Å². The third-order valence-corrected chi connectivity index (χ3v) is 5.13. The molecular formula is C15H27ClN2O. The van der Waals surface area contributed by atoms with E-state index in [1.807, 2.05) is 0 Å². The van der Waals surface area contributed by atoms with Gasteiger partial charge in [-0.2, -0.15) is 0 Å². The number of hydrogen-bond donors (Lipinski definition) is 2. The van der Waals surface area contributed by atoms with Crippen molar-refractivity contribution in [2.45, 2.75) is 82.3 Å². The summed E-state index contributed by atoms with van der Waals surface area (Å²) < 4.78 is 0. The van der Waals surface area contributed by atoms with Crippen LogP contribution in [0.15, 0.2) is 0 Å². The van der Waals surface area contributed by atoms with Crippen LogP contribution >= 0.6 is 12.4 Å². The zero-order valence-corrected chi connectivity index (χ0v) is 12.5. The maximum atomic E-state index is 12.3. The second kappa shape index (κ2) is 6.94. The van der Waals surface area contributed by atoms with Crippen LogP contribution in [0.4, 0.5) is 0 Å². The molecule has 0 aromatic heterocycles. The van der Waals surface area contributed by atoms with Crippen LogP contribution < -0.4 is 10.6 Å². The van der Waals surface area contributed by atoms with E-state index in [0.29, 0.717) is 12.1 Å². The summed E-state index contributed by atoms with van der Waals surface area (Å²) in [5.41, 5.74) is 0. The number of fused-ring (bicyclic) bond motifs is 1. The molecule has 0 spiro atoms. The van der Waals surface area contributed by atoms with Crippen LogP contribution in [0.1, 0.15) is 64.2 Å². The fourth-order valence-electron chi connectivity index (χ4n) is 4.07. The van der Waals surface area contributed by atoms with Crippen LogP contribution in [0.25, 0.3) is 0 Å². The Morgan fingerprint density at radius 2 is 1.63 bits per heavy atom. The molecule has 0 aromatic rings. The lowest BCUT2D eigenvalue weighted by Crippen LogP contribution is -2.47. The summed E-state index contributed by atoms with van der Waals surface area (Å²) in [5.74, 6) is 1.04. The highest BCUT2D eigenvalue weighted by Crippen LogP contribution is 2.33. The largest absolute Gasteiger partial charge is 0.352 e. The Morgan fingerprint density at radius 3 is 2.37 bits per heavy atom. The van der Waals surface area contributed by atoms with Crippen LogP contribution in [-0.4, -0.2) is 24.0 Å². The van der Waals surface area contributed by atoms with Gasteiger partial charge in [0.25, 0.3) is 0 Å². The number of hydrogen-bond acceptors (Lipinski definition) is 2. The van der Waals surface area contributed by atoms with Crippen LogP contribution in [-0.2, 0) is 4.79 Å². The van der Waals surface area contributed by atoms with E-state index in [2.05, 4.69) is 10.6 Å². The fourth-order valence-corrected chi connectivity index (χ4v) is 4.07. The first kappa shape index (κ1) is 15.1. The molecule has 3 nitrogen and oxygen atoms in total. The van der Waals surface area contributed by atoms with Crippen molar-refractivity contribution in [2.75, 3.05) is 0 Å². The molecular weight excluding hydrogens is 260 g/mol. The van der Waals surface area contributed by atoms with E-state index < -0.39 is 0 Å². The second-order valence-electron chi connectivity index (χ2n) is 6.45. The molecule has 2 aliphatic carbocycles. The molecule has 3 unspecified atom stereocenters. The minimum Gasteiger partial charge on any atom is -0.352 e.